The maximum atomic E-state index is 5.96. The van der Waals surface area contributed by atoms with Gasteiger partial charge in [0.25, 0.3) is 0 Å². The third kappa shape index (κ3) is 3.20. The molecule has 124 valence electrons. The molecule has 7 heteroatoms. The van der Waals surface area contributed by atoms with Gasteiger partial charge in [0.15, 0.2) is 0 Å². The summed E-state index contributed by atoms with van der Waals surface area (Å²) >= 11 is 5.96. The number of likely N-dealkylation sites (tertiary alicyclic amines) is 1. The molecule has 0 unspecified atom stereocenters. The average molecular weight is 343 g/mol. The van der Waals surface area contributed by atoms with Crippen molar-refractivity contribution < 1.29 is 0 Å². The van der Waals surface area contributed by atoms with Crippen molar-refractivity contribution in [1.29, 1.82) is 0 Å². The van der Waals surface area contributed by atoms with Gasteiger partial charge in [-0.05, 0) is 37.1 Å². The summed E-state index contributed by atoms with van der Waals surface area (Å²) in [6.45, 7) is 2.89. The molecule has 4 rings (SSSR count). The van der Waals surface area contributed by atoms with E-state index >= 15 is 0 Å². The van der Waals surface area contributed by atoms with Gasteiger partial charge in [0.1, 0.15) is 18.5 Å². The summed E-state index contributed by atoms with van der Waals surface area (Å²) in [5.41, 5.74) is 2.13. The quantitative estimate of drug-likeness (QED) is 0.773. The minimum Gasteiger partial charge on any atom is -0.341 e. The highest BCUT2D eigenvalue weighted by Crippen LogP contribution is 2.31. The zero-order chi connectivity index (χ0) is 16.4. The summed E-state index contributed by atoms with van der Waals surface area (Å²) in [7, 11) is 0. The molecule has 3 aromatic rings. The predicted molar refractivity (Wildman–Crippen MR) is 92.6 cm³/mol. The fraction of sp³-hybridized carbons (Fsp3) is 0.353. The summed E-state index contributed by atoms with van der Waals surface area (Å²) in [5.74, 6) is 1.04. The van der Waals surface area contributed by atoms with Gasteiger partial charge < -0.3 is 4.98 Å². The molecule has 6 nitrogen and oxygen atoms in total. The maximum absolute atomic E-state index is 5.96. The van der Waals surface area contributed by atoms with Gasteiger partial charge in [0, 0.05) is 11.6 Å². The first kappa shape index (κ1) is 15.4. The van der Waals surface area contributed by atoms with Crippen LogP contribution in [-0.2, 0) is 6.54 Å². The lowest BCUT2D eigenvalue weighted by Crippen LogP contribution is -2.28. The Morgan fingerprint density at radius 1 is 1.21 bits per heavy atom. The van der Waals surface area contributed by atoms with E-state index in [9.17, 15) is 0 Å². The van der Waals surface area contributed by atoms with Gasteiger partial charge in [-0.3, -0.25) is 9.58 Å². The molecule has 24 heavy (non-hydrogen) atoms. The number of nitrogens with zero attached hydrogens (tertiary/aromatic N) is 5. The van der Waals surface area contributed by atoms with E-state index in [1.165, 1.54) is 6.42 Å². The molecule has 1 aliphatic rings. The summed E-state index contributed by atoms with van der Waals surface area (Å²) in [4.78, 5) is 14.6. The number of aromatic amines is 1. The standard InChI is InChI=1S/C17H19ClN6/c18-14-5-3-13(4-6-14)15-10-20-17(22-15)16-2-1-7-23(16)8-9-24-12-19-11-21-24/h3-6,10-12,16H,1-2,7-9H2,(H,20,22)/t16-/m0/s1. The Morgan fingerprint density at radius 3 is 2.88 bits per heavy atom. The molecular formula is C17H19ClN6. The summed E-state index contributed by atoms with van der Waals surface area (Å²) in [5, 5.41) is 4.91. The molecule has 1 aromatic carbocycles. The second-order valence-electron chi connectivity index (χ2n) is 6.04. The Balaban J connectivity index is 1.47. The number of hydrogen-bond donors (Lipinski definition) is 1. The fourth-order valence-corrected chi connectivity index (χ4v) is 3.39. The van der Waals surface area contributed by atoms with Crippen molar-refractivity contribution in [3.63, 3.8) is 0 Å². The molecule has 1 atom stereocenters. The highest BCUT2D eigenvalue weighted by atomic mass is 35.5. The molecule has 0 bridgehead atoms. The van der Waals surface area contributed by atoms with Crippen molar-refractivity contribution in [2.45, 2.75) is 25.4 Å². The Kier molecular flexibility index (Phi) is 4.32. The van der Waals surface area contributed by atoms with Gasteiger partial charge in [0.05, 0.1) is 24.5 Å². The van der Waals surface area contributed by atoms with Crippen molar-refractivity contribution >= 4 is 11.6 Å². The van der Waals surface area contributed by atoms with Crippen LogP contribution in [0.4, 0.5) is 0 Å². The van der Waals surface area contributed by atoms with Crippen LogP contribution in [0.2, 0.25) is 5.02 Å². The topological polar surface area (TPSA) is 62.6 Å². The van der Waals surface area contributed by atoms with Crippen LogP contribution in [0.1, 0.15) is 24.7 Å². The first-order chi connectivity index (χ1) is 11.8. The van der Waals surface area contributed by atoms with Gasteiger partial charge in [-0.2, -0.15) is 5.10 Å². The third-order valence-corrected chi connectivity index (χ3v) is 4.76. The van der Waals surface area contributed by atoms with Crippen LogP contribution in [0.15, 0.2) is 43.1 Å². The number of hydrogen-bond acceptors (Lipinski definition) is 4. The molecule has 1 N–H and O–H groups in total. The summed E-state index contributed by atoms with van der Waals surface area (Å²) in [6, 6.07) is 8.16. The van der Waals surface area contributed by atoms with E-state index in [0.717, 1.165) is 48.2 Å². The number of nitrogens with one attached hydrogen (secondary N) is 1. The normalized spacial score (nSPS) is 18.3. The van der Waals surface area contributed by atoms with Crippen LogP contribution >= 0.6 is 11.6 Å². The molecule has 0 radical (unpaired) electrons. The minimum absolute atomic E-state index is 0.342. The zero-order valence-corrected chi connectivity index (χ0v) is 14.0. The molecule has 0 amide bonds. The van der Waals surface area contributed by atoms with Crippen LogP contribution in [0.25, 0.3) is 11.3 Å². The minimum atomic E-state index is 0.342. The van der Waals surface area contributed by atoms with Crippen molar-refractivity contribution in [3.8, 4) is 11.3 Å². The van der Waals surface area contributed by atoms with E-state index in [-0.39, 0.29) is 0 Å². The molecule has 0 spiro atoms. The maximum Gasteiger partial charge on any atom is 0.137 e. The highest BCUT2D eigenvalue weighted by Gasteiger charge is 2.28. The molecule has 0 saturated carbocycles. The van der Waals surface area contributed by atoms with Crippen LogP contribution in [-0.4, -0.2) is 42.7 Å². The fourth-order valence-electron chi connectivity index (χ4n) is 3.26. The lowest BCUT2D eigenvalue weighted by Gasteiger charge is -2.22. The molecule has 0 aliphatic carbocycles. The Hall–Kier alpha value is -2.18. The highest BCUT2D eigenvalue weighted by molar-refractivity contribution is 6.30. The van der Waals surface area contributed by atoms with Gasteiger partial charge >= 0.3 is 0 Å². The van der Waals surface area contributed by atoms with E-state index in [1.54, 1.807) is 12.7 Å². The van der Waals surface area contributed by atoms with Gasteiger partial charge in [-0.1, -0.05) is 23.7 Å². The van der Waals surface area contributed by atoms with Crippen LogP contribution in [0, 0.1) is 0 Å². The summed E-state index contributed by atoms with van der Waals surface area (Å²) in [6.07, 6.45) is 7.57. The lowest BCUT2D eigenvalue weighted by atomic mass is 10.2. The first-order valence-electron chi connectivity index (χ1n) is 8.17. The summed E-state index contributed by atoms with van der Waals surface area (Å²) < 4.78 is 1.87. The van der Waals surface area contributed by atoms with Gasteiger partial charge in [-0.25, -0.2) is 9.97 Å². The zero-order valence-electron chi connectivity index (χ0n) is 13.3. The Labute approximate surface area is 145 Å². The Morgan fingerprint density at radius 2 is 2.08 bits per heavy atom. The van der Waals surface area contributed by atoms with Gasteiger partial charge in [0.2, 0.25) is 0 Å². The van der Waals surface area contributed by atoms with Crippen LogP contribution in [0.3, 0.4) is 0 Å². The van der Waals surface area contributed by atoms with E-state index in [4.69, 9.17) is 11.6 Å². The largest absolute Gasteiger partial charge is 0.341 e. The molecule has 2 aromatic heterocycles. The second kappa shape index (κ2) is 6.75. The van der Waals surface area contributed by atoms with Crippen molar-refractivity contribution in [2.75, 3.05) is 13.1 Å². The molecule has 1 aliphatic heterocycles. The number of aromatic nitrogens is 5. The molecule has 3 heterocycles. The lowest BCUT2D eigenvalue weighted by molar-refractivity contribution is 0.236. The first-order valence-corrected chi connectivity index (χ1v) is 8.55. The number of imidazole rings is 1. The van der Waals surface area contributed by atoms with E-state index in [0.29, 0.717) is 6.04 Å². The van der Waals surface area contributed by atoms with E-state index < -0.39 is 0 Å². The van der Waals surface area contributed by atoms with Crippen molar-refractivity contribution in [3.05, 3.63) is 54.0 Å². The second-order valence-corrected chi connectivity index (χ2v) is 6.48. The number of H-pyrrole nitrogens is 1. The van der Waals surface area contributed by atoms with E-state index in [2.05, 4.69) is 25.0 Å². The van der Waals surface area contributed by atoms with Gasteiger partial charge in [-0.15, -0.1) is 0 Å². The monoisotopic (exact) mass is 342 g/mol. The molecular weight excluding hydrogens is 324 g/mol. The predicted octanol–water partition coefficient (Wildman–Crippen LogP) is 3.16. The number of rotatable bonds is 5. The molecule has 1 fully saturated rings. The van der Waals surface area contributed by atoms with Crippen molar-refractivity contribution in [2.24, 2.45) is 0 Å². The Bertz CT molecular complexity index is 780. The third-order valence-electron chi connectivity index (χ3n) is 4.51. The SMILES string of the molecule is Clc1ccc(-c2cnc([C@@H]3CCCN3CCn3cncn3)[nH]2)cc1. The van der Waals surface area contributed by atoms with E-state index in [1.807, 2.05) is 35.1 Å². The van der Waals surface area contributed by atoms with Crippen LogP contribution < -0.4 is 0 Å². The smallest absolute Gasteiger partial charge is 0.137 e. The van der Waals surface area contributed by atoms with Crippen LogP contribution in [0.5, 0.6) is 0 Å². The number of benzene rings is 1. The number of halogens is 1. The molecule has 1 saturated heterocycles. The van der Waals surface area contributed by atoms with Crippen molar-refractivity contribution in [1.82, 2.24) is 29.6 Å². The average Bonchev–Trinajstić information content (AvgIpc) is 3.34.